The highest BCUT2D eigenvalue weighted by molar-refractivity contribution is 5.66. The Labute approximate surface area is 158 Å². The van der Waals surface area contributed by atoms with Gasteiger partial charge >= 0.3 is 5.97 Å². The van der Waals surface area contributed by atoms with Crippen molar-refractivity contribution >= 4 is 5.97 Å². The summed E-state index contributed by atoms with van der Waals surface area (Å²) in [6.07, 6.45) is 23.8. The Balaban J connectivity index is 2.02. The Morgan fingerprint density at radius 2 is 1.73 bits per heavy atom. The van der Waals surface area contributed by atoms with Crippen molar-refractivity contribution in [2.24, 2.45) is 0 Å². The van der Waals surface area contributed by atoms with Crippen LogP contribution in [0.15, 0.2) is 48.6 Å². The summed E-state index contributed by atoms with van der Waals surface area (Å²) in [5, 5.41) is 18.6. The SMILES string of the molecule is CC/C=C\C/C=C\C[C@@H]1O[C@H]1[C@@H](O)/C=C\C/C=C\CCCCCC(=O)O. The Morgan fingerprint density at radius 3 is 2.50 bits per heavy atom. The van der Waals surface area contributed by atoms with Crippen LogP contribution in [0.5, 0.6) is 0 Å². The van der Waals surface area contributed by atoms with Gasteiger partial charge in [0.1, 0.15) is 12.2 Å². The second kappa shape index (κ2) is 14.5. The lowest BCUT2D eigenvalue weighted by Crippen LogP contribution is -2.13. The Morgan fingerprint density at radius 1 is 1.00 bits per heavy atom. The predicted molar refractivity (Wildman–Crippen MR) is 106 cm³/mol. The van der Waals surface area contributed by atoms with Gasteiger partial charge in [-0.15, -0.1) is 0 Å². The number of allylic oxidation sites excluding steroid dienone is 6. The van der Waals surface area contributed by atoms with Gasteiger partial charge in [0, 0.05) is 6.42 Å². The minimum absolute atomic E-state index is 0.0692. The van der Waals surface area contributed by atoms with E-state index in [1.54, 1.807) is 0 Å². The average Bonchev–Trinajstić information content (AvgIpc) is 3.39. The van der Waals surface area contributed by atoms with Crippen molar-refractivity contribution < 1.29 is 19.7 Å². The summed E-state index contributed by atoms with van der Waals surface area (Å²) in [7, 11) is 0. The molecule has 1 rings (SSSR count). The van der Waals surface area contributed by atoms with E-state index in [0.717, 1.165) is 51.4 Å². The smallest absolute Gasteiger partial charge is 0.303 e. The number of aliphatic hydroxyl groups is 1. The second-order valence-corrected chi connectivity index (χ2v) is 6.58. The van der Waals surface area contributed by atoms with Crippen molar-refractivity contribution in [1.82, 2.24) is 0 Å². The zero-order chi connectivity index (χ0) is 19.0. The molecular formula is C22H34O4. The highest BCUT2D eigenvalue weighted by Gasteiger charge is 2.42. The molecule has 0 spiro atoms. The van der Waals surface area contributed by atoms with E-state index in [1.165, 1.54) is 0 Å². The van der Waals surface area contributed by atoms with Gasteiger partial charge in [-0.05, 0) is 44.9 Å². The third-order valence-electron chi connectivity index (χ3n) is 4.20. The predicted octanol–water partition coefficient (Wildman–Crippen LogP) is 4.95. The zero-order valence-electron chi connectivity index (χ0n) is 15.9. The van der Waals surface area contributed by atoms with Crippen LogP contribution in [0.25, 0.3) is 0 Å². The van der Waals surface area contributed by atoms with Crippen LogP contribution in [0.1, 0.15) is 64.7 Å². The number of carboxylic acid groups (broad SMARTS) is 1. The normalized spacial score (nSPS) is 21.5. The second-order valence-electron chi connectivity index (χ2n) is 6.58. The van der Waals surface area contributed by atoms with Gasteiger partial charge in [-0.25, -0.2) is 0 Å². The minimum atomic E-state index is -0.716. The Hall–Kier alpha value is -1.65. The van der Waals surface area contributed by atoms with Crippen molar-refractivity contribution in [3.05, 3.63) is 48.6 Å². The molecule has 0 amide bonds. The highest BCUT2D eigenvalue weighted by atomic mass is 16.6. The van der Waals surface area contributed by atoms with E-state index in [-0.39, 0.29) is 18.6 Å². The largest absolute Gasteiger partial charge is 0.481 e. The van der Waals surface area contributed by atoms with Crippen LogP contribution in [0, 0.1) is 0 Å². The van der Waals surface area contributed by atoms with Crippen molar-refractivity contribution in [2.45, 2.75) is 83.0 Å². The Bertz CT molecular complexity index is 490. The molecule has 1 fully saturated rings. The number of hydrogen-bond donors (Lipinski definition) is 2. The molecule has 0 unspecified atom stereocenters. The van der Waals surface area contributed by atoms with Crippen molar-refractivity contribution in [2.75, 3.05) is 0 Å². The van der Waals surface area contributed by atoms with Crippen molar-refractivity contribution in [3.8, 4) is 0 Å². The van der Waals surface area contributed by atoms with E-state index in [4.69, 9.17) is 9.84 Å². The number of epoxide rings is 1. The molecule has 2 N–H and O–H groups in total. The lowest BCUT2D eigenvalue weighted by Gasteiger charge is -1.99. The first kappa shape index (κ1) is 22.4. The van der Waals surface area contributed by atoms with Crippen LogP contribution in [0.3, 0.4) is 0 Å². The lowest BCUT2D eigenvalue weighted by molar-refractivity contribution is -0.137. The summed E-state index contributed by atoms with van der Waals surface area (Å²) in [6, 6.07) is 0. The molecule has 0 saturated carbocycles. The van der Waals surface area contributed by atoms with Gasteiger partial charge in [-0.2, -0.15) is 0 Å². The summed E-state index contributed by atoms with van der Waals surface area (Å²) in [4.78, 5) is 10.4. The first-order chi connectivity index (χ1) is 12.6. The number of carboxylic acids is 1. The molecule has 26 heavy (non-hydrogen) atoms. The molecule has 0 aromatic rings. The quantitative estimate of drug-likeness (QED) is 0.245. The highest BCUT2D eigenvalue weighted by Crippen LogP contribution is 2.29. The van der Waals surface area contributed by atoms with E-state index in [0.29, 0.717) is 0 Å². The van der Waals surface area contributed by atoms with Gasteiger partial charge in [0.15, 0.2) is 0 Å². The van der Waals surface area contributed by atoms with Crippen LogP contribution in [-0.4, -0.2) is 34.5 Å². The number of unbranched alkanes of at least 4 members (excludes halogenated alkanes) is 3. The van der Waals surface area contributed by atoms with Crippen molar-refractivity contribution in [1.29, 1.82) is 0 Å². The molecule has 1 aliphatic heterocycles. The summed E-state index contributed by atoms with van der Waals surface area (Å²) in [6.45, 7) is 2.12. The monoisotopic (exact) mass is 362 g/mol. The zero-order valence-corrected chi connectivity index (χ0v) is 15.9. The molecule has 1 saturated heterocycles. The number of aliphatic hydroxyl groups excluding tert-OH is 1. The summed E-state index contributed by atoms with van der Waals surface area (Å²) < 4.78 is 5.53. The fraction of sp³-hybridized carbons (Fsp3) is 0.591. The Kier molecular flexibility index (Phi) is 12.5. The molecule has 4 heteroatoms. The molecule has 0 radical (unpaired) electrons. The first-order valence-electron chi connectivity index (χ1n) is 9.82. The lowest BCUT2D eigenvalue weighted by atomic mass is 10.1. The molecule has 1 heterocycles. The van der Waals surface area contributed by atoms with Gasteiger partial charge < -0.3 is 14.9 Å². The number of rotatable bonds is 15. The number of ether oxygens (including phenoxy) is 1. The van der Waals surface area contributed by atoms with Gasteiger partial charge in [0.05, 0.1) is 6.10 Å². The van der Waals surface area contributed by atoms with E-state index < -0.39 is 12.1 Å². The third kappa shape index (κ3) is 11.8. The summed E-state index contributed by atoms with van der Waals surface area (Å²) >= 11 is 0. The molecular weight excluding hydrogens is 328 g/mol. The fourth-order valence-corrected chi connectivity index (χ4v) is 2.65. The third-order valence-corrected chi connectivity index (χ3v) is 4.20. The molecule has 0 aromatic carbocycles. The molecule has 4 nitrogen and oxygen atoms in total. The first-order valence-corrected chi connectivity index (χ1v) is 9.82. The van der Waals surface area contributed by atoms with Gasteiger partial charge in [-0.1, -0.05) is 62.0 Å². The van der Waals surface area contributed by atoms with Crippen LogP contribution < -0.4 is 0 Å². The molecule has 0 aromatic heterocycles. The maximum absolute atomic E-state index is 10.4. The minimum Gasteiger partial charge on any atom is -0.481 e. The van der Waals surface area contributed by atoms with Gasteiger partial charge in [0.25, 0.3) is 0 Å². The van der Waals surface area contributed by atoms with Crippen LogP contribution >= 0.6 is 0 Å². The van der Waals surface area contributed by atoms with E-state index >= 15 is 0 Å². The fourth-order valence-electron chi connectivity index (χ4n) is 2.65. The molecule has 146 valence electrons. The number of carbonyl (C=O) groups is 1. The topological polar surface area (TPSA) is 70.1 Å². The maximum atomic E-state index is 10.4. The van der Waals surface area contributed by atoms with Crippen molar-refractivity contribution in [3.63, 3.8) is 0 Å². The van der Waals surface area contributed by atoms with Gasteiger partial charge in [0.2, 0.25) is 0 Å². The maximum Gasteiger partial charge on any atom is 0.303 e. The van der Waals surface area contributed by atoms with Crippen LogP contribution in [0.4, 0.5) is 0 Å². The van der Waals surface area contributed by atoms with E-state index in [9.17, 15) is 9.90 Å². The average molecular weight is 363 g/mol. The van der Waals surface area contributed by atoms with E-state index in [2.05, 4.69) is 43.4 Å². The molecule has 0 aliphatic carbocycles. The van der Waals surface area contributed by atoms with Gasteiger partial charge in [-0.3, -0.25) is 4.79 Å². The summed E-state index contributed by atoms with van der Waals surface area (Å²) in [5.41, 5.74) is 0. The van der Waals surface area contributed by atoms with Crippen LogP contribution in [-0.2, 0) is 9.53 Å². The molecule has 0 bridgehead atoms. The standard InChI is InChI=1S/C22H34O4/c1-2-3-4-5-11-14-17-20-22(26-20)19(23)16-13-10-8-6-7-9-12-15-18-21(24)25/h3-4,6,8,11,13-14,16,19-20,22-23H,2,5,7,9-10,12,15,17-18H2,1H3,(H,24,25)/b4-3-,8-6-,14-11-,16-13-/t19-,20-,22-/m0/s1. The molecule has 3 atom stereocenters. The van der Waals surface area contributed by atoms with Crippen LogP contribution in [0.2, 0.25) is 0 Å². The summed E-state index contributed by atoms with van der Waals surface area (Å²) in [5.74, 6) is -0.716. The molecule has 1 aliphatic rings. The number of hydrogen-bond acceptors (Lipinski definition) is 3. The van der Waals surface area contributed by atoms with E-state index in [1.807, 2.05) is 12.2 Å². The number of aliphatic carboxylic acids is 1.